The van der Waals surface area contributed by atoms with Crippen molar-refractivity contribution in [2.75, 3.05) is 73.2 Å². The summed E-state index contributed by atoms with van der Waals surface area (Å²) in [5.41, 5.74) is 3.61. The van der Waals surface area contributed by atoms with Crippen molar-refractivity contribution < 1.29 is 29.9 Å². The maximum atomic E-state index is 11.2. The molecule has 2 aromatic carbocycles. The SMILES string of the molecule is Cc1c(O)c(CN2CCOCC2)cc(C(CN(C)C)c2cc(CN3CCOCC3)c(O)c(C)c2O)c1O. The van der Waals surface area contributed by atoms with E-state index in [-0.39, 0.29) is 28.9 Å². The molecular formula is C28H41N3O6. The minimum Gasteiger partial charge on any atom is -0.507 e. The lowest BCUT2D eigenvalue weighted by molar-refractivity contribution is 0.0338. The molecule has 0 radical (unpaired) electrons. The average molecular weight is 516 g/mol. The van der Waals surface area contributed by atoms with Crippen molar-refractivity contribution in [2.24, 2.45) is 0 Å². The summed E-state index contributed by atoms with van der Waals surface area (Å²) in [4.78, 5) is 6.46. The van der Waals surface area contributed by atoms with E-state index in [0.717, 1.165) is 37.3 Å². The largest absolute Gasteiger partial charge is 0.507 e. The maximum absolute atomic E-state index is 11.2. The van der Waals surface area contributed by atoms with Gasteiger partial charge in [-0.15, -0.1) is 0 Å². The Kier molecular flexibility index (Phi) is 8.82. The molecule has 9 nitrogen and oxygen atoms in total. The van der Waals surface area contributed by atoms with Crippen molar-refractivity contribution in [3.8, 4) is 23.0 Å². The Balaban J connectivity index is 1.78. The number of morpholine rings is 2. The van der Waals surface area contributed by atoms with Crippen LogP contribution < -0.4 is 0 Å². The molecule has 0 amide bonds. The molecule has 37 heavy (non-hydrogen) atoms. The monoisotopic (exact) mass is 515 g/mol. The Morgan fingerprint density at radius 1 is 0.703 bits per heavy atom. The summed E-state index contributed by atoms with van der Waals surface area (Å²) in [5, 5.41) is 44.3. The third kappa shape index (κ3) is 6.13. The van der Waals surface area contributed by atoms with Crippen molar-refractivity contribution >= 4 is 0 Å². The quantitative estimate of drug-likeness (QED) is 0.422. The van der Waals surface area contributed by atoms with Crippen LogP contribution in [0.5, 0.6) is 23.0 Å². The Hall–Kier alpha value is -2.56. The van der Waals surface area contributed by atoms with Crippen LogP contribution in [0.3, 0.4) is 0 Å². The van der Waals surface area contributed by atoms with Crippen LogP contribution in [-0.4, -0.2) is 108 Å². The average Bonchev–Trinajstić information content (AvgIpc) is 2.89. The van der Waals surface area contributed by atoms with Crippen molar-refractivity contribution in [2.45, 2.75) is 32.9 Å². The van der Waals surface area contributed by atoms with Gasteiger partial charge in [0.15, 0.2) is 0 Å². The van der Waals surface area contributed by atoms with Crippen LogP contribution in [-0.2, 0) is 22.6 Å². The van der Waals surface area contributed by atoms with Crippen molar-refractivity contribution in [1.29, 1.82) is 0 Å². The zero-order valence-electron chi connectivity index (χ0n) is 22.5. The fraction of sp³-hybridized carbons (Fsp3) is 0.571. The first-order chi connectivity index (χ1) is 17.7. The fourth-order valence-electron chi connectivity index (χ4n) is 5.29. The molecule has 0 saturated carbocycles. The van der Waals surface area contributed by atoms with Gasteiger partial charge in [-0.3, -0.25) is 9.80 Å². The molecule has 0 spiro atoms. The molecule has 0 bridgehead atoms. The van der Waals surface area contributed by atoms with E-state index in [1.807, 2.05) is 31.1 Å². The molecule has 0 atom stereocenters. The van der Waals surface area contributed by atoms with Crippen molar-refractivity contribution in [3.63, 3.8) is 0 Å². The summed E-state index contributed by atoms with van der Waals surface area (Å²) in [6.07, 6.45) is 0. The van der Waals surface area contributed by atoms with E-state index < -0.39 is 0 Å². The van der Waals surface area contributed by atoms with Gasteiger partial charge in [-0.2, -0.15) is 0 Å². The number of benzene rings is 2. The van der Waals surface area contributed by atoms with Crippen LogP contribution in [0.4, 0.5) is 0 Å². The summed E-state index contributed by atoms with van der Waals surface area (Å²) in [5.74, 6) is -0.156. The van der Waals surface area contributed by atoms with E-state index in [1.165, 1.54) is 0 Å². The molecule has 0 aromatic heterocycles. The molecule has 2 aromatic rings. The normalized spacial score (nSPS) is 17.7. The summed E-state index contributed by atoms with van der Waals surface area (Å²) < 4.78 is 10.9. The number of ether oxygens (including phenoxy) is 2. The summed E-state index contributed by atoms with van der Waals surface area (Å²) in [7, 11) is 3.90. The van der Waals surface area contributed by atoms with Crippen LogP contribution in [0, 0.1) is 13.8 Å². The summed E-state index contributed by atoms with van der Waals surface area (Å²) >= 11 is 0. The van der Waals surface area contributed by atoms with Crippen molar-refractivity contribution in [1.82, 2.24) is 14.7 Å². The number of likely N-dealkylation sites (N-methyl/N-ethyl adjacent to an activating group) is 1. The maximum Gasteiger partial charge on any atom is 0.126 e. The predicted octanol–water partition coefficient (Wildman–Crippen LogP) is 2.48. The lowest BCUT2D eigenvalue weighted by atomic mass is 9.84. The number of phenolic OH excluding ortho intramolecular Hbond substituents is 4. The lowest BCUT2D eigenvalue weighted by Crippen LogP contribution is -2.35. The molecule has 2 aliphatic rings. The van der Waals surface area contributed by atoms with Gasteiger partial charge in [0, 0.05) is 85.1 Å². The van der Waals surface area contributed by atoms with Gasteiger partial charge >= 0.3 is 0 Å². The molecule has 2 saturated heterocycles. The molecule has 2 aliphatic heterocycles. The highest BCUT2D eigenvalue weighted by Gasteiger charge is 2.29. The van der Waals surface area contributed by atoms with Gasteiger partial charge in [-0.1, -0.05) is 0 Å². The standard InChI is InChI=1S/C28H41N3O6/c1-18-25(32)20(15-30-5-9-36-10-6-30)13-22(27(18)34)24(17-29(3)4)23-14-21(26(33)19(2)28(23)35)16-31-7-11-37-12-8-31/h13-14,24,32-35H,5-12,15-17H2,1-4H3. The van der Waals surface area contributed by atoms with Crippen LogP contribution in [0.2, 0.25) is 0 Å². The van der Waals surface area contributed by atoms with E-state index in [1.54, 1.807) is 13.8 Å². The van der Waals surface area contributed by atoms with Gasteiger partial charge in [-0.05, 0) is 40.1 Å². The van der Waals surface area contributed by atoms with Crippen LogP contribution in [0.25, 0.3) is 0 Å². The minimum atomic E-state index is -0.388. The molecule has 2 fully saturated rings. The third-order valence-electron chi connectivity index (χ3n) is 7.53. The highest BCUT2D eigenvalue weighted by atomic mass is 16.5. The zero-order valence-corrected chi connectivity index (χ0v) is 22.5. The van der Waals surface area contributed by atoms with E-state index >= 15 is 0 Å². The molecular weight excluding hydrogens is 474 g/mol. The highest BCUT2D eigenvalue weighted by Crippen LogP contribution is 2.45. The van der Waals surface area contributed by atoms with E-state index in [9.17, 15) is 20.4 Å². The van der Waals surface area contributed by atoms with Gasteiger partial charge in [0.25, 0.3) is 0 Å². The molecule has 9 heteroatoms. The molecule has 0 unspecified atom stereocenters. The molecule has 2 heterocycles. The zero-order chi connectivity index (χ0) is 26.7. The lowest BCUT2D eigenvalue weighted by Gasteiger charge is -2.30. The minimum absolute atomic E-state index is 0.0231. The Morgan fingerprint density at radius 2 is 1.08 bits per heavy atom. The Labute approximate surface area is 219 Å². The summed E-state index contributed by atoms with van der Waals surface area (Å²) in [6.45, 7) is 10.8. The molecule has 0 aliphatic carbocycles. The first kappa shape index (κ1) is 27.5. The number of phenols is 4. The molecule has 4 N–H and O–H groups in total. The van der Waals surface area contributed by atoms with Crippen molar-refractivity contribution in [3.05, 3.63) is 45.5 Å². The second kappa shape index (κ2) is 11.9. The Bertz CT molecular complexity index is 1010. The number of hydrogen-bond acceptors (Lipinski definition) is 9. The first-order valence-electron chi connectivity index (χ1n) is 13.0. The van der Waals surface area contributed by atoms with Crippen LogP contribution in [0.1, 0.15) is 39.3 Å². The van der Waals surface area contributed by atoms with Gasteiger partial charge in [-0.25, -0.2) is 0 Å². The van der Waals surface area contributed by atoms with Crippen LogP contribution in [0.15, 0.2) is 12.1 Å². The summed E-state index contributed by atoms with van der Waals surface area (Å²) in [6, 6.07) is 3.73. The van der Waals surface area contributed by atoms with Gasteiger partial charge in [0.05, 0.1) is 26.4 Å². The highest BCUT2D eigenvalue weighted by molar-refractivity contribution is 5.60. The second-order valence-electron chi connectivity index (χ2n) is 10.5. The topological polar surface area (TPSA) is 109 Å². The number of hydrogen-bond donors (Lipinski definition) is 4. The first-order valence-corrected chi connectivity index (χ1v) is 13.0. The van der Waals surface area contributed by atoms with E-state index in [0.29, 0.717) is 68.3 Å². The number of aromatic hydroxyl groups is 4. The fourth-order valence-corrected chi connectivity index (χ4v) is 5.29. The van der Waals surface area contributed by atoms with Gasteiger partial charge in [0.2, 0.25) is 0 Å². The molecule has 204 valence electrons. The number of rotatable bonds is 8. The number of nitrogens with zero attached hydrogens (tertiary/aromatic N) is 3. The third-order valence-corrected chi connectivity index (χ3v) is 7.53. The van der Waals surface area contributed by atoms with Crippen LogP contribution >= 0.6 is 0 Å². The van der Waals surface area contributed by atoms with Gasteiger partial charge in [0.1, 0.15) is 23.0 Å². The second-order valence-corrected chi connectivity index (χ2v) is 10.5. The Morgan fingerprint density at radius 3 is 1.43 bits per heavy atom. The smallest absolute Gasteiger partial charge is 0.126 e. The van der Waals surface area contributed by atoms with E-state index in [2.05, 4.69) is 9.80 Å². The predicted molar refractivity (Wildman–Crippen MR) is 142 cm³/mol. The van der Waals surface area contributed by atoms with Gasteiger partial charge < -0.3 is 34.8 Å². The molecule has 4 rings (SSSR count). The van der Waals surface area contributed by atoms with E-state index in [4.69, 9.17) is 9.47 Å².